The maximum Gasteiger partial charge on any atom is 0.235 e. The van der Waals surface area contributed by atoms with Crippen molar-refractivity contribution in [1.82, 2.24) is 10.6 Å². The zero-order valence-electron chi connectivity index (χ0n) is 16.7. The summed E-state index contributed by atoms with van der Waals surface area (Å²) in [6, 6.07) is 14.8. The number of carbonyl (C=O) groups excluding carboxylic acids is 1. The number of carbonyl (C=O) groups is 1. The van der Waals surface area contributed by atoms with E-state index < -0.39 is 5.54 Å². The maximum absolute atomic E-state index is 12.4. The van der Waals surface area contributed by atoms with Crippen LogP contribution in [-0.4, -0.2) is 18.0 Å². The molecule has 5 heteroatoms. The van der Waals surface area contributed by atoms with Gasteiger partial charge >= 0.3 is 0 Å². The van der Waals surface area contributed by atoms with E-state index in [-0.39, 0.29) is 24.4 Å². The number of amides is 1. The van der Waals surface area contributed by atoms with Gasteiger partial charge in [0.05, 0.1) is 18.7 Å². The first-order valence-electron chi connectivity index (χ1n) is 9.35. The fraction of sp³-hybridized carbons (Fsp3) is 0.455. The van der Waals surface area contributed by atoms with E-state index in [0.29, 0.717) is 5.92 Å². The summed E-state index contributed by atoms with van der Waals surface area (Å²) < 4.78 is 0. The van der Waals surface area contributed by atoms with Crippen molar-refractivity contribution in [2.75, 3.05) is 6.54 Å². The van der Waals surface area contributed by atoms with Gasteiger partial charge in [0.15, 0.2) is 0 Å². The summed E-state index contributed by atoms with van der Waals surface area (Å²) in [7, 11) is 0. The van der Waals surface area contributed by atoms with Gasteiger partial charge in [0.2, 0.25) is 5.91 Å². The highest BCUT2D eigenvalue weighted by Crippen LogP contribution is 2.27. The van der Waals surface area contributed by atoms with Gasteiger partial charge in [-0.05, 0) is 41.3 Å². The highest BCUT2D eigenvalue weighted by Gasteiger charge is 2.30. The molecule has 0 aliphatic carbocycles. The number of benzene rings is 1. The van der Waals surface area contributed by atoms with E-state index in [2.05, 4.69) is 60.9 Å². The predicted octanol–water partition coefficient (Wildman–Crippen LogP) is 4.60. The minimum absolute atomic E-state index is 0.0307. The SMILES string of the molecule is CC(C)c1ccc([C@H](NCC(=O)N[C@@](C)(C#N)C(C)C)c2cccs2)cc1. The number of hydrogen-bond acceptors (Lipinski definition) is 4. The molecule has 0 aliphatic heterocycles. The second-order valence-electron chi connectivity index (χ2n) is 7.67. The Morgan fingerprint density at radius 2 is 1.78 bits per heavy atom. The Hall–Kier alpha value is -2.16. The highest BCUT2D eigenvalue weighted by molar-refractivity contribution is 7.10. The molecule has 0 fully saturated rings. The first-order valence-corrected chi connectivity index (χ1v) is 10.2. The van der Waals surface area contributed by atoms with Crippen LogP contribution >= 0.6 is 11.3 Å². The van der Waals surface area contributed by atoms with Gasteiger partial charge in [0.1, 0.15) is 5.54 Å². The molecule has 0 saturated heterocycles. The van der Waals surface area contributed by atoms with Crippen LogP contribution in [0.15, 0.2) is 41.8 Å². The van der Waals surface area contributed by atoms with E-state index in [1.165, 1.54) is 5.56 Å². The molecule has 1 aromatic heterocycles. The predicted molar refractivity (Wildman–Crippen MR) is 112 cm³/mol. The lowest BCUT2D eigenvalue weighted by Crippen LogP contribution is -2.51. The average Bonchev–Trinajstić information content (AvgIpc) is 3.16. The first-order chi connectivity index (χ1) is 12.8. The van der Waals surface area contributed by atoms with Gasteiger partial charge < -0.3 is 5.32 Å². The van der Waals surface area contributed by atoms with Crippen molar-refractivity contribution in [2.45, 2.75) is 52.1 Å². The van der Waals surface area contributed by atoms with Crippen molar-refractivity contribution in [3.8, 4) is 6.07 Å². The van der Waals surface area contributed by atoms with E-state index in [1.807, 2.05) is 25.3 Å². The molecule has 1 amide bonds. The average molecular weight is 384 g/mol. The third-order valence-electron chi connectivity index (χ3n) is 5.02. The Bertz CT molecular complexity index is 775. The van der Waals surface area contributed by atoms with Crippen LogP contribution in [0.5, 0.6) is 0 Å². The smallest absolute Gasteiger partial charge is 0.235 e. The number of rotatable bonds is 8. The minimum atomic E-state index is -0.865. The second-order valence-corrected chi connectivity index (χ2v) is 8.65. The Balaban J connectivity index is 2.13. The van der Waals surface area contributed by atoms with Crippen molar-refractivity contribution in [3.63, 3.8) is 0 Å². The lowest BCUT2D eigenvalue weighted by Gasteiger charge is -2.28. The van der Waals surface area contributed by atoms with E-state index in [4.69, 9.17) is 0 Å². The molecule has 1 aromatic carbocycles. The van der Waals surface area contributed by atoms with Gasteiger partial charge in [-0.3, -0.25) is 10.1 Å². The zero-order valence-corrected chi connectivity index (χ0v) is 17.6. The fourth-order valence-electron chi connectivity index (χ4n) is 2.74. The van der Waals surface area contributed by atoms with Gasteiger partial charge in [0.25, 0.3) is 0 Å². The largest absolute Gasteiger partial charge is 0.337 e. The molecule has 0 spiro atoms. The van der Waals surface area contributed by atoms with Gasteiger partial charge in [-0.25, -0.2) is 0 Å². The maximum atomic E-state index is 12.4. The lowest BCUT2D eigenvalue weighted by molar-refractivity contribution is -0.121. The van der Waals surface area contributed by atoms with Crippen LogP contribution in [0.2, 0.25) is 0 Å². The van der Waals surface area contributed by atoms with E-state index >= 15 is 0 Å². The van der Waals surface area contributed by atoms with Crippen molar-refractivity contribution < 1.29 is 4.79 Å². The third kappa shape index (κ3) is 5.41. The lowest BCUT2D eigenvalue weighted by atomic mass is 9.90. The molecule has 144 valence electrons. The molecule has 0 radical (unpaired) electrons. The molecule has 2 rings (SSSR count). The highest BCUT2D eigenvalue weighted by atomic mass is 32.1. The summed E-state index contributed by atoms with van der Waals surface area (Å²) in [4.78, 5) is 13.6. The van der Waals surface area contributed by atoms with Crippen LogP contribution in [0.1, 0.15) is 62.6 Å². The molecule has 27 heavy (non-hydrogen) atoms. The molecule has 2 atom stereocenters. The quantitative estimate of drug-likeness (QED) is 0.700. The van der Waals surface area contributed by atoms with Crippen molar-refractivity contribution in [3.05, 3.63) is 57.8 Å². The molecular formula is C22H29N3OS. The molecule has 2 N–H and O–H groups in total. The monoisotopic (exact) mass is 383 g/mol. The van der Waals surface area contributed by atoms with Crippen LogP contribution in [0.3, 0.4) is 0 Å². The molecule has 0 unspecified atom stereocenters. The molecule has 2 aromatic rings. The summed E-state index contributed by atoms with van der Waals surface area (Å²) in [6.07, 6.45) is 0. The molecule has 4 nitrogen and oxygen atoms in total. The topological polar surface area (TPSA) is 64.9 Å². The zero-order chi connectivity index (χ0) is 20.0. The summed E-state index contributed by atoms with van der Waals surface area (Å²) in [5, 5.41) is 17.7. The van der Waals surface area contributed by atoms with Crippen molar-refractivity contribution in [2.24, 2.45) is 5.92 Å². The first kappa shape index (κ1) is 21.1. The molecule has 1 heterocycles. The van der Waals surface area contributed by atoms with Gasteiger partial charge in [-0.1, -0.05) is 58.0 Å². The number of nitrogens with zero attached hydrogens (tertiary/aromatic N) is 1. The van der Waals surface area contributed by atoms with Gasteiger partial charge in [-0.2, -0.15) is 5.26 Å². The van der Waals surface area contributed by atoms with Crippen molar-refractivity contribution >= 4 is 17.2 Å². The Kier molecular flexibility index (Phi) is 7.18. The summed E-state index contributed by atoms with van der Waals surface area (Å²) in [5.74, 6) is 0.342. The van der Waals surface area contributed by atoms with Crippen LogP contribution in [0.25, 0.3) is 0 Å². The van der Waals surface area contributed by atoms with E-state index in [0.717, 1.165) is 10.4 Å². The van der Waals surface area contributed by atoms with Crippen LogP contribution in [0, 0.1) is 17.2 Å². The Morgan fingerprint density at radius 3 is 2.26 bits per heavy atom. The number of thiophene rings is 1. The summed E-state index contributed by atoms with van der Waals surface area (Å²) in [6.45, 7) is 10.1. The normalized spacial score (nSPS) is 14.6. The molecule has 0 saturated carbocycles. The molecule has 0 aliphatic rings. The van der Waals surface area contributed by atoms with E-state index in [1.54, 1.807) is 18.3 Å². The molecular weight excluding hydrogens is 354 g/mol. The Labute approximate surface area is 166 Å². The van der Waals surface area contributed by atoms with Gasteiger partial charge in [0, 0.05) is 4.88 Å². The summed E-state index contributed by atoms with van der Waals surface area (Å²) in [5.41, 5.74) is 1.56. The Morgan fingerprint density at radius 1 is 1.15 bits per heavy atom. The second kappa shape index (κ2) is 9.16. The minimum Gasteiger partial charge on any atom is -0.337 e. The third-order valence-corrected chi connectivity index (χ3v) is 5.95. The number of hydrogen-bond donors (Lipinski definition) is 2. The van der Waals surface area contributed by atoms with Crippen molar-refractivity contribution in [1.29, 1.82) is 5.26 Å². The van der Waals surface area contributed by atoms with Crippen LogP contribution in [-0.2, 0) is 4.79 Å². The number of nitriles is 1. The van der Waals surface area contributed by atoms with Gasteiger partial charge in [-0.15, -0.1) is 11.3 Å². The summed E-state index contributed by atoms with van der Waals surface area (Å²) >= 11 is 1.66. The van der Waals surface area contributed by atoms with Crippen LogP contribution in [0.4, 0.5) is 0 Å². The van der Waals surface area contributed by atoms with Crippen LogP contribution < -0.4 is 10.6 Å². The fourth-order valence-corrected chi connectivity index (χ4v) is 3.57. The molecule has 0 bridgehead atoms. The van der Waals surface area contributed by atoms with E-state index in [9.17, 15) is 10.1 Å². The standard InChI is InChI=1S/C22H29N3OS/c1-15(2)17-8-10-18(11-9-17)21(19-7-6-12-27-19)24-13-20(26)25-22(5,14-23)16(3)4/h6-12,15-16,21,24H,13H2,1-5H3,(H,25,26)/t21-,22-/m0/s1. The number of nitrogens with one attached hydrogen (secondary N) is 2.